The molecule has 0 radical (unpaired) electrons. The maximum absolute atomic E-state index is 8.82. The lowest BCUT2D eigenvalue weighted by molar-refractivity contribution is 0.393. The van der Waals surface area contributed by atoms with Crippen molar-refractivity contribution in [1.82, 2.24) is 0 Å². The Bertz CT molecular complexity index is 430. The van der Waals surface area contributed by atoms with Crippen LogP contribution in [0.4, 0.5) is 0 Å². The molecule has 1 aromatic carbocycles. The van der Waals surface area contributed by atoms with Crippen molar-refractivity contribution in [2.45, 2.75) is 6.92 Å². The molecule has 0 atom stereocenters. The second-order valence-corrected chi connectivity index (χ2v) is 3.11. The number of rotatable bonds is 3. The fourth-order valence-electron chi connectivity index (χ4n) is 1.44. The average molecular weight is 203 g/mol. The zero-order chi connectivity index (χ0) is 11.4. The number of nitriles is 1. The molecule has 0 aliphatic rings. The SMILES string of the molecule is C=C(C#N)c1c(C)cc(OC)cc1OC. The van der Waals surface area contributed by atoms with Crippen molar-refractivity contribution < 1.29 is 9.47 Å². The number of methoxy groups -OCH3 is 2. The van der Waals surface area contributed by atoms with Crippen molar-refractivity contribution in [2.75, 3.05) is 14.2 Å². The molecule has 0 aliphatic carbocycles. The highest BCUT2D eigenvalue weighted by atomic mass is 16.5. The topological polar surface area (TPSA) is 42.2 Å². The van der Waals surface area contributed by atoms with Gasteiger partial charge < -0.3 is 9.47 Å². The third kappa shape index (κ3) is 2.10. The molecular weight excluding hydrogens is 190 g/mol. The summed E-state index contributed by atoms with van der Waals surface area (Å²) in [6, 6.07) is 5.61. The van der Waals surface area contributed by atoms with E-state index in [0.29, 0.717) is 17.1 Å². The van der Waals surface area contributed by atoms with Gasteiger partial charge in [0.1, 0.15) is 11.5 Å². The molecule has 3 nitrogen and oxygen atoms in total. The zero-order valence-electron chi connectivity index (χ0n) is 9.13. The number of aryl methyl sites for hydroxylation is 1. The number of nitrogens with zero attached hydrogens (tertiary/aromatic N) is 1. The number of benzene rings is 1. The Balaban J connectivity index is 3.39. The maximum Gasteiger partial charge on any atom is 0.131 e. The smallest absolute Gasteiger partial charge is 0.131 e. The van der Waals surface area contributed by atoms with Gasteiger partial charge in [-0.15, -0.1) is 0 Å². The molecule has 0 aliphatic heterocycles. The summed E-state index contributed by atoms with van der Waals surface area (Å²) in [5.41, 5.74) is 2.05. The lowest BCUT2D eigenvalue weighted by Crippen LogP contribution is -1.95. The highest BCUT2D eigenvalue weighted by Crippen LogP contribution is 2.32. The van der Waals surface area contributed by atoms with Gasteiger partial charge in [0, 0.05) is 11.6 Å². The minimum Gasteiger partial charge on any atom is -0.497 e. The van der Waals surface area contributed by atoms with Crippen molar-refractivity contribution in [3.8, 4) is 17.6 Å². The fraction of sp³-hybridized carbons (Fsp3) is 0.250. The summed E-state index contributed by atoms with van der Waals surface area (Å²) in [5, 5.41) is 8.82. The van der Waals surface area contributed by atoms with Gasteiger partial charge in [-0.1, -0.05) is 6.58 Å². The lowest BCUT2D eigenvalue weighted by Gasteiger charge is -2.12. The molecule has 0 spiro atoms. The standard InChI is InChI=1S/C12H13NO2/c1-8-5-10(14-3)6-11(15-4)12(8)9(2)7-13/h5-6H,2H2,1,3-4H3. The van der Waals surface area contributed by atoms with Crippen LogP contribution in [0.2, 0.25) is 0 Å². The van der Waals surface area contributed by atoms with Gasteiger partial charge >= 0.3 is 0 Å². The normalized spacial score (nSPS) is 9.20. The molecule has 0 aromatic heterocycles. The van der Waals surface area contributed by atoms with Gasteiger partial charge in [-0.05, 0) is 18.6 Å². The summed E-state index contributed by atoms with van der Waals surface area (Å²) in [5.74, 6) is 1.32. The first-order valence-corrected chi connectivity index (χ1v) is 4.46. The Kier molecular flexibility index (Phi) is 3.35. The molecule has 1 rings (SSSR count). The lowest BCUT2D eigenvalue weighted by atomic mass is 10.0. The summed E-state index contributed by atoms with van der Waals surface area (Å²) >= 11 is 0. The van der Waals surface area contributed by atoms with Crippen LogP contribution in [0.15, 0.2) is 18.7 Å². The molecule has 0 bridgehead atoms. The van der Waals surface area contributed by atoms with E-state index in [1.807, 2.05) is 19.1 Å². The molecule has 0 N–H and O–H groups in total. The molecule has 15 heavy (non-hydrogen) atoms. The molecule has 0 fully saturated rings. The minimum atomic E-state index is 0.395. The minimum absolute atomic E-state index is 0.395. The molecular formula is C12H13NO2. The van der Waals surface area contributed by atoms with Crippen LogP contribution >= 0.6 is 0 Å². The highest BCUT2D eigenvalue weighted by molar-refractivity contribution is 5.81. The summed E-state index contributed by atoms with van der Waals surface area (Å²) in [4.78, 5) is 0. The Labute approximate surface area is 89.6 Å². The molecule has 0 saturated heterocycles. The van der Waals surface area contributed by atoms with E-state index < -0.39 is 0 Å². The number of hydrogen-bond donors (Lipinski definition) is 0. The molecule has 0 amide bonds. The average Bonchev–Trinajstić information content (AvgIpc) is 2.26. The van der Waals surface area contributed by atoms with Gasteiger partial charge in [0.15, 0.2) is 0 Å². The Morgan fingerprint density at radius 2 is 2.00 bits per heavy atom. The Morgan fingerprint density at radius 3 is 2.47 bits per heavy atom. The largest absolute Gasteiger partial charge is 0.497 e. The van der Waals surface area contributed by atoms with Gasteiger partial charge in [-0.3, -0.25) is 0 Å². The van der Waals surface area contributed by atoms with Gasteiger partial charge in [0.25, 0.3) is 0 Å². The highest BCUT2D eigenvalue weighted by Gasteiger charge is 2.11. The van der Waals surface area contributed by atoms with Crippen molar-refractivity contribution in [3.05, 3.63) is 29.8 Å². The van der Waals surface area contributed by atoms with Crippen LogP contribution in [-0.4, -0.2) is 14.2 Å². The number of allylic oxidation sites excluding steroid dienone is 1. The van der Waals surface area contributed by atoms with Gasteiger partial charge in [-0.25, -0.2) is 0 Å². The van der Waals surface area contributed by atoms with Crippen LogP contribution in [0, 0.1) is 18.3 Å². The van der Waals surface area contributed by atoms with Gasteiger partial charge in [-0.2, -0.15) is 5.26 Å². The number of ether oxygens (including phenoxy) is 2. The zero-order valence-corrected chi connectivity index (χ0v) is 9.13. The summed E-state index contributed by atoms with van der Waals surface area (Å²) < 4.78 is 10.3. The van der Waals surface area contributed by atoms with E-state index in [1.54, 1.807) is 20.3 Å². The van der Waals surface area contributed by atoms with E-state index in [4.69, 9.17) is 14.7 Å². The van der Waals surface area contributed by atoms with Crippen LogP contribution in [0.25, 0.3) is 5.57 Å². The predicted molar refractivity (Wildman–Crippen MR) is 58.9 cm³/mol. The molecule has 78 valence electrons. The first-order chi connectivity index (χ1) is 7.13. The fourth-order valence-corrected chi connectivity index (χ4v) is 1.44. The second kappa shape index (κ2) is 4.52. The van der Waals surface area contributed by atoms with Crippen LogP contribution in [0.1, 0.15) is 11.1 Å². The van der Waals surface area contributed by atoms with Crippen LogP contribution in [-0.2, 0) is 0 Å². The summed E-state index contributed by atoms with van der Waals surface area (Å²) in [6.07, 6.45) is 0. The van der Waals surface area contributed by atoms with Gasteiger partial charge in [0.05, 0.1) is 25.9 Å². The third-order valence-corrected chi connectivity index (χ3v) is 2.17. The quantitative estimate of drug-likeness (QED) is 0.709. The Morgan fingerprint density at radius 1 is 1.33 bits per heavy atom. The van der Waals surface area contributed by atoms with Crippen molar-refractivity contribution in [3.63, 3.8) is 0 Å². The van der Waals surface area contributed by atoms with E-state index >= 15 is 0 Å². The van der Waals surface area contributed by atoms with E-state index in [9.17, 15) is 0 Å². The summed E-state index contributed by atoms with van der Waals surface area (Å²) in [7, 11) is 3.15. The van der Waals surface area contributed by atoms with E-state index in [0.717, 1.165) is 11.1 Å². The van der Waals surface area contributed by atoms with Gasteiger partial charge in [0.2, 0.25) is 0 Å². The van der Waals surface area contributed by atoms with Crippen LogP contribution < -0.4 is 9.47 Å². The summed E-state index contributed by atoms with van der Waals surface area (Å²) in [6.45, 7) is 5.58. The van der Waals surface area contributed by atoms with Crippen LogP contribution in [0.5, 0.6) is 11.5 Å². The second-order valence-electron chi connectivity index (χ2n) is 3.11. The van der Waals surface area contributed by atoms with Crippen molar-refractivity contribution >= 4 is 5.57 Å². The van der Waals surface area contributed by atoms with E-state index in [2.05, 4.69) is 6.58 Å². The van der Waals surface area contributed by atoms with Crippen molar-refractivity contribution in [1.29, 1.82) is 5.26 Å². The third-order valence-electron chi connectivity index (χ3n) is 2.17. The predicted octanol–water partition coefficient (Wildman–Crippen LogP) is 2.55. The van der Waals surface area contributed by atoms with E-state index in [1.165, 1.54) is 0 Å². The number of hydrogen-bond acceptors (Lipinski definition) is 3. The molecule has 0 unspecified atom stereocenters. The van der Waals surface area contributed by atoms with E-state index in [-0.39, 0.29) is 0 Å². The van der Waals surface area contributed by atoms with Crippen molar-refractivity contribution in [2.24, 2.45) is 0 Å². The first-order valence-electron chi connectivity index (χ1n) is 4.46. The maximum atomic E-state index is 8.82. The molecule has 1 aromatic rings. The molecule has 0 saturated carbocycles. The monoisotopic (exact) mass is 203 g/mol. The molecule has 3 heteroatoms. The first kappa shape index (κ1) is 11.1. The van der Waals surface area contributed by atoms with Crippen LogP contribution in [0.3, 0.4) is 0 Å². The Hall–Kier alpha value is -1.95. The molecule has 0 heterocycles.